The lowest BCUT2D eigenvalue weighted by atomic mass is 10.1. The molecule has 0 fully saturated rings. The van der Waals surface area contributed by atoms with Crippen molar-refractivity contribution in [3.63, 3.8) is 0 Å². The van der Waals surface area contributed by atoms with E-state index in [0.717, 1.165) is 17.2 Å². The zero-order valence-corrected chi connectivity index (χ0v) is 27.4. The van der Waals surface area contributed by atoms with Crippen molar-refractivity contribution >= 4 is 0 Å². The quantitative estimate of drug-likeness (QED) is 0.243. The maximum Gasteiger partial charge on any atom is 0.125 e. The molecule has 0 spiro atoms. The van der Waals surface area contributed by atoms with E-state index in [2.05, 4.69) is 88.6 Å². The van der Waals surface area contributed by atoms with Crippen LogP contribution in [0.2, 0.25) is 0 Å². The topological polar surface area (TPSA) is 77.8 Å². The first-order valence-electron chi connectivity index (χ1n) is 14.6. The van der Waals surface area contributed by atoms with E-state index < -0.39 is 0 Å². The Labute approximate surface area is 250 Å². The molecule has 0 heterocycles. The van der Waals surface area contributed by atoms with Gasteiger partial charge in [-0.3, -0.25) is 0 Å². The number of benzene rings is 3. The molecular weight excluding hydrogens is 510 g/mol. The molecule has 3 aromatic carbocycles. The van der Waals surface area contributed by atoms with Crippen LogP contribution in [-0.2, 0) is 0 Å². The first-order chi connectivity index (χ1) is 19.4. The van der Waals surface area contributed by atoms with E-state index in [1.165, 1.54) is 33.4 Å². The molecule has 0 radical (unpaired) electrons. The molecule has 0 saturated heterocycles. The summed E-state index contributed by atoms with van der Waals surface area (Å²) in [7, 11) is 3.89. The molecule has 0 aliphatic carbocycles. The van der Waals surface area contributed by atoms with Crippen LogP contribution in [0.25, 0.3) is 0 Å². The maximum absolute atomic E-state index is 5.76. The van der Waals surface area contributed by atoms with Crippen LogP contribution in [0.1, 0.15) is 54.2 Å². The van der Waals surface area contributed by atoms with Gasteiger partial charge in [-0.2, -0.15) is 0 Å². The second-order valence-corrected chi connectivity index (χ2v) is 11.0. The third kappa shape index (κ3) is 13.4. The van der Waals surface area contributed by atoms with Gasteiger partial charge in [-0.25, -0.2) is 0 Å². The maximum atomic E-state index is 5.76. The summed E-state index contributed by atoms with van der Waals surface area (Å²) >= 11 is 0. The van der Waals surface area contributed by atoms with E-state index in [-0.39, 0.29) is 6.04 Å². The monoisotopic (exact) mass is 565 g/mol. The van der Waals surface area contributed by atoms with Crippen LogP contribution in [-0.4, -0.2) is 52.0 Å². The molecule has 0 amide bonds. The summed E-state index contributed by atoms with van der Waals surface area (Å²) in [4.78, 5) is 0. The van der Waals surface area contributed by atoms with Gasteiger partial charge in [0.05, 0.1) is 0 Å². The average Bonchev–Trinajstić information content (AvgIpc) is 2.92. The summed E-state index contributed by atoms with van der Waals surface area (Å²) in [5, 5.41) is 6.30. The number of para-hydroxylation sites is 3. The Hall–Kier alpha value is -3.06. The predicted molar refractivity (Wildman–Crippen MR) is 175 cm³/mol. The largest absolute Gasteiger partial charge is 0.491 e. The second-order valence-electron chi connectivity index (χ2n) is 11.0. The zero-order chi connectivity index (χ0) is 30.9. The van der Waals surface area contributed by atoms with Gasteiger partial charge >= 0.3 is 0 Å². The standard InChI is InChI=1S/2C12H19NO.C11H17NO/c2*1-9-6-5-7-10(2)12(9)14-8-11(3)13-4;1-8-5-4-6-9(2)11(8)13-7-10(3)12/h2*5-7,11,13H,8H2,1-4H3;4-6,10H,7,12H2,1-3H3. The van der Waals surface area contributed by atoms with Crippen molar-refractivity contribution in [2.75, 3.05) is 33.9 Å². The van der Waals surface area contributed by atoms with Gasteiger partial charge < -0.3 is 30.6 Å². The second kappa shape index (κ2) is 19.1. The first kappa shape index (κ1) is 36.0. The van der Waals surface area contributed by atoms with Gasteiger partial charge in [0.2, 0.25) is 0 Å². The van der Waals surface area contributed by atoms with Crippen molar-refractivity contribution in [3.05, 3.63) is 88.0 Å². The highest BCUT2D eigenvalue weighted by atomic mass is 16.5. The fraction of sp³-hybridized carbons (Fsp3) is 0.486. The van der Waals surface area contributed by atoms with Crippen LogP contribution in [0, 0.1) is 41.5 Å². The van der Waals surface area contributed by atoms with E-state index >= 15 is 0 Å². The van der Waals surface area contributed by atoms with Crippen molar-refractivity contribution in [2.45, 2.75) is 80.4 Å². The molecule has 0 aromatic heterocycles. The summed E-state index contributed by atoms with van der Waals surface area (Å²) in [6.07, 6.45) is 0. The van der Waals surface area contributed by atoms with E-state index in [0.29, 0.717) is 31.9 Å². The van der Waals surface area contributed by atoms with E-state index in [9.17, 15) is 0 Å². The Morgan fingerprint density at radius 2 is 0.756 bits per heavy atom. The lowest BCUT2D eigenvalue weighted by Gasteiger charge is -2.15. The minimum Gasteiger partial charge on any atom is -0.491 e. The van der Waals surface area contributed by atoms with E-state index in [1.54, 1.807) is 0 Å². The van der Waals surface area contributed by atoms with Crippen LogP contribution in [0.15, 0.2) is 54.6 Å². The van der Waals surface area contributed by atoms with E-state index in [1.807, 2.05) is 53.1 Å². The lowest BCUT2D eigenvalue weighted by Crippen LogP contribution is -2.28. The molecule has 6 nitrogen and oxygen atoms in total. The summed E-state index contributed by atoms with van der Waals surface area (Å²) in [6, 6.07) is 19.4. The summed E-state index contributed by atoms with van der Waals surface area (Å²) in [5.74, 6) is 3.02. The zero-order valence-electron chi connectivity index (χ0n) is 27.4. The van der Waals surface area contributed by atoms with Gasteiger partial charge in [-0.15, -0.1) is 0 Å². The molecule has 3 unspecified atom stereocenters. The molecule has 228 valence electrons. The van der Waals surface area contributed by atoms with Gasteiger partial charge in [-0.05, 0) is 110 Å². The molecule has 3 atom stereocenters. The normalized spacial score (nSPS) is 12.6. The van der Waals surface area contributed by atoms with E-state index in [4.69, 9.17) is 19.9 Å². The minimum absolute atomic E-state index is 0.0824. The number of hydrogen-bond acceptors (Lipinski definition) is 6. The number of rotatable bonds is 11. The molecule has 0 bridgehead atoms. The van der Waals surface area contributed by atoms with Crippen LogP contribution < -0.4 is 30.6 Å². The molecule has 41 heavy (non-hydrogen) atoms. The smallest absolute Gasteiger partial charge is 0.125 e. The Bertz CT molecular complexity index is 1040. The van der Waals surface area contributed by atoms with Gasteiger partial charge in [-0.1, -0.05) is 54.6 Å². The predicted octanol–water partition coefficient (Wildman–Crippen LogP) is 6.61. The number of likely N-dealkylation sites (N-methyl/N-ethyl adjacent to an activating group) is 2. The number of hydrogen-bond donors (Lipinski definition) is 3. The number of aryl methyl sites for hydroxylation is 6. The first-order valence-corrected chi connectivity index (χ1v) is 14.6. The molecule has 0 saturated carbocycles. The summed E-state index contributed by atoms with van der Waals surface area (Å²) in [6.45, 7) is 20.5. The van der Waals surface area contributed by atoms with Crippen molar-refractivity contribution < 1.29 is 14.2 Å². The fourth-order valence-electron chi connectivity index (χ4n) is 3.88. The number of nitrogens with one attached hydrogen (secondary N) is 2. The lowest BCUT2D eigenvalue weighted by molar-refractivity contribution is 0.276. The summed E-state index contributed by atoms with van der Waals surface area (Å²) in [5.41, 5.74) is 12.8. The Morgan fingerprint density at radius 1 is 0.512 bits per heavy atom. The third-order valence-corrected chi connectivity index (χ3v) is 6.66. The highest BCUT2D eigenvalue weighted by molar-refractivity contribution is 5.41. The molecule has 4 N–H and O–H groups in total. The molecule has 0 aliphatic rings. The van der Waals surface area contributed by atoms with Crippen molar-refractivity contribution in [2.24, 2.45) is 5.73 Å². The van der Waals surface area contributed by atoms with Crippen LogP contribution in [0.4, 0.5) is 0 Å². The minimum atomic E-state index is 0.0824. The van der Waals surface area contributed by atoms with Gasteiger partial charge in [0.25, 0.3) is 0 Å². The Morgan fingerprint density at radius 3 is 0.976 bits per heavy atom. The molecule has 3 rings (SSSR count). The van der Waals surface area contributed by atoms with Crippen LogP contribution in [0.3, 0.4) is 0 Å². The number of ether oxygens (including phenoxy) is 3. The van der Waals surface area contributed by atoms with Crippen molar-refractivity contribution in [3.8, 4) is 17.2 Å². The van der Waals surface area contributed by atoms with Crippen LogP contribution >= 0.6 is 0 Å². The van der Waals surface area contributed by atoms with Gasteiger partial charge in [0.15, 0.2) is 0 Å². The molecule has 3 aromatic rings. The fourth-order valence-corrected chi connectivity index (χ4v) is 3.88. The van der Waals surface area contributed by atoms with Gasteiger partial charge in [0.1, 0.15) is 37.1 Å². The average molecular weight is 566 g/mol. The molecular formula is C35H55N3O3. The van der Waals surface area contributed by atoms with Gasteiger partial charge in [0, 0.05) is 18.1 Å². The summed E-state index contributed by atoms with van der Waals surface area (Å²) < 4.78 is 17.1. The Kier molecular flexibility index (Phi) is 16.8. The third-order valence-electron chi connectivity index (χ3n) is 6.66. The Balaban J connectivity index is 0.000000308. The molecule has 6 heteroatoms. The highest BCUT2D eigenvalue weighted by Gasteiger charge is 2.06. The van der Waals surface area contributed by atoms with Crippen molar-refractivity contribution in [1.29, 1.82) is 0 Å². The SMILES string of the molecule is CNC(C)COc1c(C)cccc1C.CNC(C)COc1c(C)cccc1C.Cc1cccc(C)c1OCC(C)N. The highest BCUT2D eigenvalue weighted by Crippen LogP contribution is 2.24. The van der Waals surface area contributed by atoms with Crippen molar-refractivity contribution in [1.82, 2.24) is 10.6 Å². The number of nitrogens with two attached hydrogens (primary N) is 1. The van der Waals surface area contributed by atoms with Crippen LogP contribution in [0.5, 0.6) is 17.2 Å². The molecule has 0 aliphatic heterocycles.